The van der Waals surface area contributed by atoms with Gasteiger partial charge in [-0.2, -0.15) is 0 Å². The summed E-state index contributed by atoms with van der Waals surface area (Å²) in [5.41, 5.74) is 6.45. The molecule has 1 atom stereocenters. The lowest BCUT2D eigenvalue weighted by molar-refractivity contribution is 0.823. The SMILES string of the molecule is Cc1ccc(C2Cc3cc(Cl)cc(C)c3N2)cc1. The highest BCUT2D eigenvalue weighted by Gasteiger charge is 2.23. The monoisotopic (exact) mass is 257 g/mol. The van der Waals surface area contributed by atoms with Crippen molar-refractivity contribution in [2.75, 3.05) is 5.32 Å². The minimum atomic E-state index is 0.373. The first-order valence-electron chi connectivity index (χ1n) is 6.25. The van der Waals surface area contributed by atoms with Crippen LogP contribution in [-0.2, 0) is 6.42 Å². The minimum absolute atomic E-state index is 0.373. The first-order valence-corrected chi connectivity index (χ1v) is 6.63. The smallest absolute Gasteiger partial charge is 0.0555 e. The maximum Gasteiger partial charge on any atom is 0.0555 e. The van der Waals surface area contributed by atoms with Crippen LogP contribution in [0.2, 0.25) is 5.02 Å². The van der Waals surface area contributed by atoms with Gasteiger partial charge in [0.2, 0.25) is 0 Å². The molecule has 1 nitrogen and oxygen atoms in total. The highest BCUT2D eigenvalue weighted by Crippen LogP contribution is 2.38. The van der Waals surface area contributed by atoms with Crippen LogP contribution in [0.15, 0.2) is 36.4 Å². The summed E-state index contributed by atoms with van der Waals surface area (Å²) in [6.07, 6.45) is 1.01. The zero-order valence-corrected chi connectivity index (χ0v) is 11.4. The van der Waals surface area contributed by atoms with Gasteiger partial charge in [0.15, 0.2) is 0 Å². The van der Waals surface area contributed by atoms with Crippen molar-refractivity contribution in [2.24, 2.45) is 0 Å². The molecule has 0 aromatic heterocycles. The Morgan fingerprint density at radius 1 is 1.11 bits per heavy atom. The first-order chi connectivity index (χ1) is 8.63. The molecule has 2 heteroatoms. The summed E-state index contributed by atoms with van der Waals surface area (Å²) >= 11 is 6.12. The van der Waals surface area contributed by atoms with Crippen molar-refractivity contribution >= 4 is 17.3 Å². The molecule has 0 amide bonds. The van der Waals surface area contributed by atoms with Crippen LogP contribution in [0.5, 0.6) is 0 Å². The number of hydrogen-bond acceptors (Lipinski definition) is 1. The van der Waals surface area contributed by atoms with Crippen LogP contribution >= 0.6 is 11.6 Å². The number of hydrogen-bond donors (Lipinski definition) is 1. The van der Waals surface area contributed by atoms with E-state index < -0.39 is 0 Å². The molecular formula is C16H16ClN. The van der Waals surface area contributed by atoms with Crippen molar-refractivity contribution < 1.29 is 0 Å². The van der Waals surface area contributed by atoms with Crippen LogP contribution in [0.1, 0.15) is 28.3 Å². The summed E-state index contributed by atoms with van der Waals surface area (Å²) in [6, 6.07) is 13.2. The lowest BCUT2D eigenvalue weighted by atomic mass is 10.0. The van der Waals surface area contributed by atoms with Gasteiger partial charge in [0.1, 0.15) is 0 Å². The van der Waals surface area contributed by atoms with E-state index in [1.165, 1.54) is 27.9 Å². The molecule has 0 saturated heterocycles. The molecular weight excluding hydrogens is 242 g/mol. The number of aryl methyl sites for hydroxylation is 2. The topological polar surface area (TPSA) is 12.0 Å². The van der Waals surface area contributed by atoms with Gasteiger partial charge in [-0.1, -0.05) is 41.4 Å². The van der Waals surface area contributed by atoms with E-state index in [9.17, 15) is 0 Å². The van der Waals surface area contributed by atoms with E-state index in [2.05, 4.69) is 49.5 Å². The van der Waals surface area contributed by atoms with Crippen LogP contribution in [0, 0.1) is 13.8 Å². The van der Waals surface area contributed by atoms with Gasteiger partial charge in [-0.3, -0.25) is 0 Å². The Morgan fingerprint density at radius 2 is 1.83 bits per heavy atom. The van der Waals surface area contributed by atoms with E-state index >= 15 is 0 Å². The molecule has 2 aromatic carbocycles. The molecule has 92 valence electrons. The Labute approximate surface area is 113 Å². The minimum Gasteiger partial charge on any atom is -0.377 e. The van der Waals surface area contributed by atoms with Crippen molar-refractivity contribution in [1.82, 2.24) is 0 Å². The Morgan fingerprint density at radius 3 is 2.56 bits per heavy atom. The van der Waals surface area contributed by atoms with Crippen molar-refractivity contribution in [3.63, 3.8) is 0 Å². The van der Waals surface area contributed by atoms with E-state index in [0.717, 1.165) is 11.4 Å². The van der Waals surface area contributed by atoms with Crippen LogP contribution in [0.25, 0.3) is 0 Å². The lowest BCUT2D eigenvalue weighted by Crippen LogP contribution is -2.05. The summed E-state index contributed by atoms with van der Waals surface area (Å²) in [5.74, 6) is 0. The van der Waals surface area contributed by atoms with Gasteiger partial charge in [-0.15, -0.1) is 0 Å². The Balaban J connectivity index is 1.93. The fourth-order valence-corrected chi connectivity index (χ4v) is 2.92. The van der Waals surface area contributed by atoms with Crippen molar-refractivity contribution in [1.29, 1.82) is 0 Å². The van der Waals surface area contributed by atoms with E-state index in [-0.39, 0.29) is 0 Å². The van der Waals surface area contributed by atoms with Crippen LogP contribution in [-0.4, -0.2) is 0 Å². The predicted octanol–water partition coefficient (Wildman–Crippen LogP) is 4.67. The first kappa shape index (κ1) is 11.6. The van der Waals surface area contributed by atoms with Crippen molar-refractivity contribution in [3.8, 4) is 0 Å². The molecule has 1 aliphatic rings. The van der Waals surface area contributed by atoms with Gasteiger partial charge in [0.05, 0.1) is 6.04 Å². The molecule has 2 aromatic rings. The van der Waals surface area contributed by atoms with Gasteiger partial charge in [0.25, 0.3) is 0 Å². The summed E-state index contributed by atoms with van der Waals surface area (Å²) in [7, 11) is 0. The average Bonchev–Trinajstić information content (AvgIpc) is 2.74. The van der Waals surface area contributed by atoms with E-state index in [4.69, 9.17) is 11.6 Å². The standard InChI is InChI=1S/C16H16ClN/c1-10-3-5-12(6-4-10)15-9-13-8-14(17)7-11(2)16(13)18-15/h3-8,15,18H,9H2,1-2H3. The second kappa shape index (κ2) is 4.33. The zero-order valence-electron chi connectivity index (χ0n) is 10.6. The molecule has 18 heavy (non-hydrogen) atoms. The van der Waals surface area contributed by atoms with Crippen LogP contribution in [0.3, 0.4) is 0 Å². The molecule has 0 fully saturated rings. The van der Waals surface area contributed by atoms with Gasteiger partial charge >= 0.3 is 0 Å². The van der Waals surface area contributed by atoms with E-state index in [0.29, 0.717) is 6.04 Å². The molecule has 0 aliphatic carbocycles. The van der Waals surface area contributed by atoms with Crippen molar-refractivity contribution in [3.05, 3.63) is 63.7 Å². The maximum atomic E-state index is 6.12. The quantitative estimate of drug-likeness (QED) is 0.783. The Kier molecular flexibility index (Phi) is 2.79. The van der Waals surface area contributed by atoms with E-state index in [1.54, 1.807) is 0 Å². The third-order valence-electron chi connectivity index (χ3n) is 3.60. The molecule has 1 aliphatic heterocycles. The normalized spacial score (nSPS) is 17.4. The number of fused-ring (bicyclic) bond motifs is 1. The Hall–Kier alpha value is -1.47. The number of halogens is 1. The largest absolute Gasteiger partial charge is 0.377 e. The highest BCUT2D eigenvalue weighted by molar-refractivity contribution is 6.30. The van der Waals surface area contributed by atoms with Crippen LogP contribution < -0.4 is 5.32 Å². The third-order valence-corrected chi connectivity index (χ3v) is 3.82. The second-order valence-electron chi connectivity index (χ2n) is 5.07. The van der Waals surface area contributed by atoms with Gasteiger partial charge in [0, 0.05) is 10.7 Å². The van der Waals surface area contributed by atoms with Crippen LogP contribution in [0.4, 0.5) is 5.69 Å². The molecule has 1 N–H and O–H groups in total. The molecule has 3 rings (SSSR count). The molecule has 0 spiro atoms. The summed E-state index contributed by atoms with van der Waals surface area (Å²) in [4.78, 5) is 0. The van der Waals surface area contributed by atoms with Gasteiger partial charge in [-0.25, -0.2) is 0 Å². The molecule has 0 saturated carbocycles. The molecule has 1 unspecified atom stereocenters. The Bertz CT molecular complexity index is 587. The second-order valence-corrected chi connectivity index (χ2v) is 5.50. The predicted molar refractivity (Wildman–Crippen MR) is 77.4 cm³/mol. The summed E-state index contributed by atoms with van der Waals surface area (Å²) in [5, 5.41) is 4.44. The number of nitrogens with one attached hydrogen (secondary N) is 1. The van der Waals surface area contributed by atoms with Crippen molar-refractivity contribution in [2.45, 2.75) is 26.3 Å². The van der Waals surface area contributed by atoms with Gasteiger partial charge < -0.3 is 5.32 Å². The fraction of sp³-hybridized carbons (Fsp3) is 0.250. The molecule has 1 heterocycles. The number of benzene rings is 2. The molecule has 0 bridgehead atoms. The lowest BCUT2D eigenvalue weighted by Gasteiger charge is -2.12. The maximum absolute atomic E-state index is 6.12. The number of anilines is 1. The molecule has 0 radical (unpaired) electrons. The third kappa shape index (κ3) is 1.99. The summed E-state index contributed by atoms with van der Waals surface area (Å²) < 4.78 is 0. The van der Waals surface area contributed by atoms with E-state index in [1.807, 2.05) is 6.07 Å². The number of rotatable bonds is 1. The van der Waals surface area contributed by atoms with Gasteiger partial charge in [-0.05, 0) is 49.1 Å². The summed E-state index contributed by atoms with van der Waals surface area (Å²) in [6.45, 7) is 4.22. The zero-order chi connectivity index (χ0) is 12.7. The fourth-order valence-electron chi connectivity index (χ4n) is 2.63. The highest BCUT2D eigenvalue weighted by atomic mass is 35.5. The average molecular weight is 258 g/mol.